The van der Waals surface area contributed by atoms with Gasteiger partial charge in [0.15, 0.2) is 5.82 Å². The molecular formula is C11H16N4. The van der Waals surface area contributed by atoms with Crippen LogP contribution in [-0.4, -0.2) is 37.2 Å². The van der Waals surface area contributed by atoms with Crippen molar-refractivity contribution < 1.29 is 0 Å². The molecular weight excluding hydrogens is 188 g/mol. The SMILES string of the molecule is c1cnc2c(c1)NCCC1CNCCN21. The van der Waals surface area contributed by atoms with Crippen molar-refractivity contribution in [1.29, 1.82) is 0 Å². The van der Waals surface area contributed by atoms with Crippen molar-refractivity contribution >= 4 is 11.5 Å². The van der Waals surface area contributed by atoms with Crippen LogP contribution < -0.4 is 15.5 Å². The molecule has 15 heavy (non-hydrogen) atoms. The molecule has 0 aliphatic carbocycles. The van der Waals surface area contributed by atoms with Crippen LogP contribution in [-0.2, 0) is 0 Å². The van der Waals surface area contributed by atoms with Gasteiger partial charge in [-0.05, 0) is 18.6 Å². The van der Waals surface area contributed by atoms with Crippen LogP contribution in [0.1, 0.15) is 6.42 Å². The highest BCUT2D eigenvalue weighted by atomic mass is 15.3. The van der Waals surface area contributed by atoms with Crippen molar-refractivity contribution in [2.75, 3.05) is 36.4 Å². The van der Waals surface area contributed by atoms with Gasteiger partial charge < -0.3 is 15.5 Å². The summed E-state index contributed by atoms with van der Waals surface area (Å²) >= 11 is 0. The van der Waals surface area contributed by atoms with Crippen molar-refractivity contribution in [2.24, 2.45) is 0 Å². The predicted octanol–water partition coefficient (Wildman–Crippen LogP) is 0.675. The summed E-state index contributed by atoms with van der Waals surface area (Å²) in [6.45, 7) is 4.25. The molecule has 3 rings (SSSR count). The van der Waals surface area contributed by atoms with Gasteiger partial charge in [0.1, 0.15) is 0 Å². The third kappa shape index (κ3) is 1.55. The molecule has 1 atom stereocenters. The smallest absolute Gasteiger partial charge is 0.152 e. The maximum Gasteiger partial charge on any atom is 0.152 e. The van der Waals surface area contributed by atoms with Gasteiger partial charge in [0.25, 0.3) is 0 Å². The molecule has 0 bridgehead atoms. The molecule has 1 unspecified atom stereocenters. The third-order valence-corrected chi connectivity index (χ3v) is 3.20. The fraction of sp³-hybridized carbons (Fsp3) is 0.545. The maximum atomic E-state index is 4.50. The van der Waals surface area contributed by atoms with Gasteiger partial charge in [-0.15, -0.1) is 0 Å². The third-order valence-electron chi connectivity index (χ3n) is 3.20. The van der Waals surface area contributed by atoms with Crippen molar-refractivity contribution in [2.45, 2.75) is 12.5 Å². The number of nitrogens with one attached hydrogen (secondary N) is 2. The maximum absolute atomic E-state index is 4.50. The minimum Gasteiger partial charge on any atom is -0.382 e. The van der Waals surface area contributed by atoms with Gasteiger partial charge >= 0.3 is 0 Å². The van der Waals surface area contributed by atoms with E-state index in [4.69, 9.17) is 0 Å². The molecule has 3 heterocycles. The molecule has 0 radical (unpaired) electrons. The molecule has 1 fully saturated rings. The van der Waals surface area contributed by atoms with Crippen LogP contribution in [0.15, 0.2) is 18.3 Å². The summed E-state index contributed by atoms with van der Waals surface area (Å²) < 4.78 is 0. The summed E-state index contributed by atoms with van der Waals surface area (Å²) in [5.74, 6) is 1.13. The fourth-order valence-corrected chi connectivity index (χ4v) is 2.43. The molecule has 1 aromatic heterocycles. The molecule has 4 nitrogen and oxygen atoms in total. The highest BCUT2D eigenvalue weighted by molar-refractivity contribution is 5.67. The van der Waals surface area contributed by atoms with Crippen molar-refractivity contribution in [3.05, 3.63) is 18.3 Å². The van der Waals surface area contributed by atoms with E-state index in [9.17, 15) is 0 Å². The summed E-state index contributed by atoms with van der Waals surface area (Å²) in [4.78, 5) is 6.94. The monoisotopic (exact) mass is 204 g/mol. The Bertz CT molecular complexity index is 352. The Labute approximate surface area is 89.7 Å². The van der Waals surface area contributed by atoms with Crippen LogP contribution in [0.2, 0.25) is 0 Å². The number of fused-ring (bicyclic) bond motifs is 3. The zero-order valence-electron chi connectivity index (χ0n) is 8.74. The first-order valence-electron chi connectivity index (χ1n) is 5.61. The summed E-state index contributed by atoms with van der Waals surface area (Å²) in [5.41, 5.74) is 1.18. The van der Waals surface area contributed by atoms with Crippen molar-refractivity contribution in [3.8, 4) is 0 Å². The van der Waals surface area contributed by atoms with Gasteiger partial charge in [-0.2, -0.15) is 0 Å². The summed E-state index contributed by atoms with van der Waals surface area (Å²) in [6.07, 6.45) is 3.06. The number of rotatable bonds is 0. The van der Waals surface area contributed by atoms with Gasteiger partial charge in [-0.1, -0.05) is 0 Å². The van der Waals surface area contributed by atoms with Gasteiger partial charge in [0.2, 0.25) is 0 Å². The number of pyridine rings is 1. The highest BCUT2D eigenvalue weighted by Crippen LogP contribution is 2.28. The molecule has 1 aromatic rings. The second kappa shape index (κ2) is 3.70. The minimum absolute atomic E-state index is 0.599. The molecule has 0 amide bonds. The Morgan fingerprint density at radius 3 is 3.40 bits per heavy atom. The van der Waals surface area contributed by atoms with E-state index in [0.717, 1.165) is 32.0 Å². The standard InChI is InChI=1S/C11H16N4/c1-2-10-11(14-4-1)15-7-6-12-8-9(15)3-5-13-10/h1-2,4,9,12-13H,3,5-8H2. The average molecular weight is 204 g/mol. The summed E-state index contributed by atoms with van der Waals surface area (Å²) in [6, 6.07) is 4.71. The van der Waals surface area contributed by atoms with Crippen LogP contribution in [0.3, 0.4) is 0 Å². The molecule has 2 aliphatic heterocycles. The van der Waals surface area contributed by atoms with E-state index in [1.54, 1.807) is 0 Å². The lowest BCUT2D eigenvalue weighted by Crippen LogP contribution is -2.51. The van der Waals surface area contributed by atoms with E-state index < -0.39 is 0 Å². The van der Waals surface area contributed by atoms with E-state index in [-0.39, 0.29) is 0 Å². The minimum atomic E-state index is 0.599. The summed E-state index contributed by atoms with van der Waals surface area (Å²) in [7, 11) is 0. The lowest BCUT2D eigenvalue weighted by atomic mass is 10.1. The first-order valence-corrected chi connectivity index (χ1v) is 5.61. The highest BCUT2D eigenvalue weighted by Gasteiger charge is 2.26. The van der Waals surface area contributed by atoms with E-state index in [1.807, 2.05) is 12.3 Å². The van der Waals surface area contributed by atoms with Gasteiger partial charge in [-0.3, -0.25) is 0 Å². The zero-order chi connectivity index (χ0) is 10.1. The van der Waals surface area contributed by atoms with E-state index >= 15 is 0 Å². The lowest BCUT2D eigenvalue weighted by Gasteiger charge is -2.36. The van der Waals surface area contributed by atoms with Gasteiger partial charge in [0, 0.05) is 38.4 Å². The number of anilines is 2. The van der Waals surface area contributed by atoms with Crippen LogP contribution in [0.4, 0.5) is 11.5 Å². The van der Waals surface area contributed by atoms with Crippen LogP contribution >= 0.6 is 0 Å². The normalized spacial score (nSPS) is 24.8. The molecule has 0 aromatic carbocycles. The molecule has 2 aliphatic rings. The molecule has 2 N–H and O–H groups in total. The number of piperazine rings is 1. The van der Waals surface area contributed by atoms with Crippen LogP contribution in [0.5, 0.6) is 0 Å². The number of nitrogens with zero attached hydrogens (tertiary/aromatic N) is 2. The largest absolute Gasteiger partial charge is 0.382 e. The number of hydrogen-bond donors (Lipinski definition) is 2. The Morgan fingerprint density at radius 2 is 2.40 bits per heavy atom. The molecule has 1 saturated heterocycles. The first-order chi connectivity index (χ1) is 7.45. The van der Waals surface area contributed by atoms with Crippen molar-refractivity contribution in [1.82, 2.24) is 10.3 Å². The fourth-order valence-electron chi connectivity index (χ4n) is 2.43. The zero-order valence-corrected chi connectivity index (χ0v) is 8.74. The second-order valence-electron chi connectivity index (χ2n) is 4.14. The molecule has 80 valence electrons. The van der Waals surface area contributed by atoms with Crippen LogP contribution in [0, 0.1) is 0 Å². The predicted molar refractivity (Wildman–Crippen MR) is 61.3 cm³/mol. The number of aromatic nitrogens is 1. The average Bonchev–Trinajstić information content (AvgIpc) is 2.48. The topological polar surface area (TPSA) is 40.2 Å². The van der Waals surface area contributed by atoms with E-state index in [1.165, 1.54) is 12.1 Å². The van der Waals surface area contributed by atoms with E-state index in [0.29, 0.717) is 6.04 Å². The van der Waals surface area contributed by atoms with Gasteiger partial charge in [0.05, 0.1) is 5.69 Å². The van der Waals surface area contributed by atoms with Crippen LogP contribution in [0.25, 0.3) is 0 Å². The number of hydrogen-bond acceptors (Lipinski definition) is 4. The van der Waals surface area contributed by atoms with Gasteiger partial charge in [-0.25, -0.2) is 4.98 Å². The lowest BCUT2D eigenvalue weighted by molar-refractivity contribution is 0.463. The Hall–Kier alpha value is -1.29. The Balaban J connectivity index is 1.99. The second-order valence-corrected chi connectivity index (χ2v) is 4.14. The molecule has 4 heteroatoms. The summed E-state index contributed by atoms with van der Waals surface area (Å²) in [5, 5.41) is 6.89. The molecule has 0 saturated carbocycles. The molecule has 0 spiro atoms. The quantitative estimate of drug-likeness (QED) is 0.652. The first kappa shape index (κ1) is 8.97. The van der Waals surface area contributed by atoms with Crippen molar-refractivity contribution in [3.63, 3.8) is 0 Å². The Kier molecular flexibility index (Phi) is 2.21. The van der Waals surface area contributed by atoms with E-state index in [2.05, 4.69) is 26.6 Å². The Morgan fingerprint density at radius 1 is 1.40 bits per heavy atom.